The average Bonchev–Trinajstić information content (AvgIpc) is 3.01. The first-order valence-corrected chi connectivity index (χ1v) is 4.92. The summed E-state index contributed by atoms with van der Waals surface area (Å²) in [5, 5.41) is 11.8. The number of rotatable bonds is 4. The van der Waals surface area contributed by atoms with Crippen LogP contribution in [0.5, 0.6) is 5.75 Å². The average molecular weight is 207 g/mol. The van der Waals surface area contributed by atoms with Gasteiger partial charge in [0.25, 0.3) is 0 Å². The molecule has 1 aliphatic carbocycles. The summed E-state index contributed by atoms with van der Waals surface area (Å²) in [5.41, 5.74) is 1.08. The van der Waals surface area contributed by atoms with E-state index in [1.807, 2.05) is 0 Å². The van der Waals surface area contributed by atoms with Crippen LogP contribution in [0.1, 0.15) is 23.2 Å². The maximum Gasteiger partial charge on any atom is 0.335 e. The molecule has 0 amide bonds. The molecule has 1 fully saturated rings. The number of benzene rings is 1. The smallest absolute Gasteiger partial charge is 0.335 e. The molecular formula is C11H13NO3. The van der Waals surface area contributed by atoms with Gasteiger partial charge in [-0.2, -0.15) is 0 Å². The lowest BCUT2D eigenvalue weighted by atomic mass is 10.2. The van der Waals surface area contributed by atoms with Gasteiger partial charge in [0.05, 0.1) is 17.4 Å². The van der Waals surface area contributed by atoms with Crippen molar-refractivity contribution < 1.29 is 14.6 Å². The van der Waals surface area contributed by atoms with Gasteiger partial charge in [-0.25, -0.2) is 4.79 Å². The molecule has 1 aromatic rings. The Hall–Kier alpha value is -1.71. The van der Waals surface area contributed by atoms with Crippen LogP contribution in [0, 0.1) is 0 Å². The molecule has 2 rings (SSSR count). The minimum atomic E-state index is -0.932. The third-order valence-corrected chi connectivity index (χ3v) is 2.32. The van der Waals surface area contributed by atoms with E-state index < -0.39 is 5.97 Å². The lowest BCUT2D eigenvalue weighted by Crippen LogP contribution is -2.03. The molecule has 0 radical (unpaired) electrons. The summed E-state index contributed by atoms with van der Waals surface area (Å²) in [4.78, 5) is 10.8. The molecule has 0 spiro atoms. The van der Waals surface area contributed by atoms with E-state index in [-0.39, 0.29) is 11.7 Å². The van der Waals surface area contributed by atoms with Crippen LogP contribution in [0.25, 0.3) is 0 Å². The standard InChI is InChI=1S/C11H13NO3/c1-12-9-5-2-7(11(13)14)6-10(9)15-8-3-4-8/h2,5-6,8,12H,3-4H2,1H3,(H,13,14). The fourth-order valence-corrected chi connectivity index (χ4v) is 1.32. The molecular weight excluding hydrogens is 194 g/mol. The highest BCUT2D eigenvalue weighted by molar-refractivity contribution is 5.89. The van der Waals surface area contributed by atoms with Crippen LogP contribution in [0.15, 0.2) is 18.2 Å². The van der Waals surface area contributed by atoms with Crippen LogP contribution in [0.3, 0.4) is 0 Å². The first-order chi connectivity index (χ1) is 7.20. The third-order valence-electron chi connectivity index (χ3n) is 2.32. The Morgan fingerprint density at radius 3 is 2.80 bits per heavy atom. The molecule has 0 aromatic heterocycles. The Balaban J connectivity index is 2.28. The third kappa shape index (κ3) is 2.21. The maximum atomic E-state index is 10.8. The van der Waals surface area contributed by atoms with Crippen molar-refractivity contribution in [1.82, 2.24) is 0 Å². The Morgan fingerprint density at radius 2 is 2.27 bits per heavy atom. The number of hydrogen-bond donors (Lipinski definition) is 2. The zero-order valence-corrected chi connectivity index (χ0v) is 8.49. The Morgan fingerprint density at radius 1 is 1.53 bits per heavy atom. The van der Waals surface area contributed by atoms with E-state index in [0.29, 0.717) is 5.75 Å². The number of carboxylic acid groups (broad SMARTS) is 1. The minimum Gasteiger partial charge on any atom is -0.488 e. The van der Waals surface area contributed by atoms with Gasteiger partial charge in [-0.15, -0.1) is 0 Å². The van der Waals surface area contributed by atoms with E-state index in [0.717, 1.165) is 18.5 Å². The van der Waals surface area contributed by atoms with Crippen LogP contribution >= 0.6 is 0 Å². The van der Waals surface area contributed by atoms with Crippen molar-refractivity contribution in [1.29, 1.82) is 0 Å². The quantitative estimate of drug-likeness (QED) is 0.792. The van der Waals surface area contributed by atoms with Crippen molar-refractivity contribution in [3.8, 4) is 5.75 Å². The summed E-state index contributed by atoms with van der Waals surface area (Å²) >= 11 is 0. The molecule has 0 saturated heterocycles. The maximum absolute atomic E-state index is 10.8. The predicted molar refractivity (Wildman–Crippen MR) is 56.6 cm³/mol. The van der Waals surface area contributed by atoms with Crippen LogP contribution in [0.4, 0.5) is 5.69 Å². The highest BCUT2D eigenvalue weighted by Gasteiger charge is 2.24. The number of carboxylic acids is 1. The summed E-state index contributed by atoms with van der Waals surface area (Å²) in [6.07, 6.45) is 2.38. The molecule has 1 saturated carbocycles. The number of nitrogens with one attached hydrogen (secondary N) is 1. The molecule has 2 N–H and O–H groups in total. The second kappa shape index (κ2) is 3.81. The van der Waals surface area contributed by atoms with E-state index in [9.17, 15) is 4.79 Å². The Bertz CT molecular complexity index is 385. The largest absolute Gasteiger partial charge is 0.488 e. The van der Waals surface area contributed by atoms with Crippen molar-refractivity contribution in [2.24, 2.45) is 0 Å². The monoisotopic (exact) mass is 207 g/mol. The van der Waals surface area contributed by atoms with Gasteiger partial charge in [0, 0.05) is 7.05 Å². The second-order valence-electron chi connectivity index (χ2n) is 3.58. The Labute approximate surface area is 87.9 Å². The van der Waals surface area contributed by atoms with Gasteiger partial charge in [0.15, 0.2) is 0 Å². The second-order valence-corrected chi connectivity index (χ2v) is 3.58. The Kier molecular flexibility index (Phi) is 2.49. The molecule has 80 valence electrons. The molecule has 1 aliphatic rings. The molecule has 0 atom stereocenters. The van der Waals surface area contributed by atoms with Crippen LogP contribution in [-0.4, -0.2) is 24.2 Å². The van der Waals surface area contributed by atoms with E-state index in [1.54, 1.807) is 25.2 Å². The van der Waals surface area contributed by atoms with E-state index >= 15 is 0 Å². The SMILES string of the molecule is CNc1ccc(C(=O)O)cc1OC1CC1. The summed E-state index contributed by atoms with van der Waals surface area (Å²) in [5.74, 6) is -0.307. The highest BCUT2D eigenvalue weighted by atomic mass is 16.5. The number of ether oxygens (including phenoxy) is 1. The molecule has 4 nitrogen and oxygen atoms in total. The molecule has 4 heteroatoms. The first kappa shape index (κ1) is 9.83. The van der Waals surface area contributed by atoms with Crippen LogP contribution in [-0.2, 0) is 0 Å². The number of carbonyl (C=O) groups is 1. The lowest BCUT2D eigenvalue weighted by molar-refractivity contribution is 0.0696. The molecule has 0 heterocycles. The summed E-state index contributed by atoms with van der Waals surface area (Å²) < 4.78 is 5.61. The summed E-state index contributed by atoms with van der Waals surface area (Å²) in [6.45, 7) is 0. The van der Waals surface area contributed by atoms with E-state index in [1.165, 1.54) is 0 Å². The molecule has 15 heavy (non-hydrogen) atoms. The fourth-order valence-electron chi connectivity index (χ4n) is 1.32. The van der Waals surface area contributed by atoms with Gasteiger partial charge < -0.3 is 15.2 Å². The van der Waals surface area contributed by atoms with Gasteiger partial charge in [-0.3, -0.25) is 0 Å². The number of anilines is 1. The summed E-state index contributed by atoms with van der Waals surface area (Å²) in [6, 6.07) is 4.85. The fraction of sp³-hybridized carbons (Fsp3) is 0.364. The first-order valence-electron chi connectivity index (χ1n) is 4.92. The van der Waals surface area contributed by atoms with E-state index in [4.69, 9.17) is 9.84 Å². The zero-order valence-electron chi connectivity index (χ0n) is 8.49. The van der Waals surface area contributed by atoms with Gasteiger partial charge in [-0.05, 0) is 31.0 Å². The molecule has 1 aromatic carbocycles. The highest BCUT2D eigenvalue weighted by Crippen LogP contribution is 2.32. The van der Waals surface area contributed by atoms with Crippen LogP contribution < -0.4 is 10.1 Å². The van der Waals surface area contributed by atoms with Crippen molar-refractivity contribution in [3.05, 3.63) is 23.8 Å². The van der Waals surface area contributed by atoms with Crippen LogP contribution in [0.2, 0.25) is 0 Å². The molecule has 0 aliphatic heterocycles. The van der Waals surface area contributed by atoms with Gasteiger partial charge in [0.2, 0.25) is 0 Å². The topological polar surface area (TPSA) is 58.6 Å². The van der Waals surface area contributed by atoms with Gasteiger partial charge in [0.1, 0.15) is 5.75 Å². The van der Waals surface area contributed by atoms with Crippen molar-refractivity contribution in [2.45, 2.75) is 18.9 Å². The normalized spacial score (nSPS) is 14.7. The zero-order chi connectivity index (χ0) is 10.8. The minimum absolute atomic E-state index is 0.254. The predicted octanol–water partition coefficient (Wildman–Crippen LogP) is 1.97. The van der Waals surface area contributed by atoms with Gasteiger partial charge >= 0.3 is 5.97 Å². The van der Waals surface area contributed by atoms with Crippen molar-refractivity contribution in [3.63, 3.8) is 0 Å². The van der Waals surface area contributed by atoms with E-state index in [2.05, 4.69) is 5.32 Å². The lowest BCUT2D eigenvalue weighted by Gasteiger charge is -2.10. The van der Waals surface area contributed by atoms with Crippen molar-refractivity contribution >= 4 is 11.7 Å². The number of aromatic carboxylic acids is 1. The number of hydrogen-bond acceptors (Lipinski definition) is 3. The molecule has 0 bridgehead atoms. The molecule has 0 unspecified atom stereocenters. The van der Waals surface area contributed by atoms with Gasteiger partial charge in [-0.1, -0.05) is 0 Å². The van der Waals surface area contributed by atoms with Crippen molar-refractivity contribution in [2.75, 3.05) is 12.4 Å². The summed E-state index contributed by atoms with van der Waals surface area (Å²) in [7, 11) is 1.79.